The van der Waals surface area contributed by atoms with E-state index < -0.39 is 10.0 Å². The molecule has 1 amide bonds. The van der Waals surface area contributed by atoms with Gasteiger partial charge in [0.15, 0.2) is 0 Å². The molecule has 0 aromatic heterocycles. The van der Waals surface area contributed by atoms with Crippen LogP contribution in [-0.2, 0) is 14.8 Å². The van der Waals surface area contributed by atoms with E-state index in [0.29, 0.717) is 32.8 Å². The fraction of sp³-hybridized carbons (Fsp3) is 0.286. The van der Waals surface area contributed by atoms with E-state index in [-0.39, 0.29) is 12.3 Å². The van der Waals surface area contributed by atoms with E-state index >= 15 is 0 Å². The number of piperazine rings is 1. The Kier molecular flexibility index (Phi) is 6.84. The molecule has 0 saturated carbocycles. The van der Waals surface area contributed by atoms with Crippen molar-refractivity contribution in [1.29, 1.82) is 0 Å². The topological polar surface area (TPSA) is 66.9 Å². The first-order chi connectivity index (χ1) is 13.5. The van der Waals surface area contributed by atoms with Gasteiger partial charge in [0.2, 0.25) is 15.9 Å². The van der Waals surface area contributed by atoms with Crippen LogP contribution in [0, 0.1) is 0 Å². The number of carbonyl (C=O) groups is 1. The summed E-state index contributed by atoms with van der Waals surface area (Å²) in [5, 5.41) is 1.23. The van der Waals surface area contributed by atoms with Crippen LogP contribution in [0.4, 0.5) is 0 Å². The quantitative estimate of drug-likeness (QED) is 0.717. The lowest BCUT2D eigenvalue weighted by molar-refractivity contribution is -0.132. The van der Waals surface area contributed by atoms with Crippen LogP contribution in [0.5, 0.6) is 5.75 Å². The maximum atomic E-state index is 12.5. The largest absolute Gasteiger partial charge is 0.493 e. The molecular formula is C21H24N2O4S. The lowest BCUT2D eigenvalue weighted by Gasteiger charge is -2.33. The van der Waals surface area contributed by atoms with Crippen LogP contribution < -0.4 is 4.74 Å². The van der Waals surface area contributed by atoms with Crippen LogP contribution in [0.15, 0.2) is 66.1 Å². The minimum atomic E-state index is -3.49. The van der Waals surface area contributed by atoms with Gasteiger partial charge in [-0.3, -0.25) is 4.79 Å². The number of rotatable bonds is 7. The molecule has 1 heterocycles. The van der Waals surface area contributed by atoms with Crippen LogP contribution >= 0.6 is 0 Å². The molecule has 2 aromatic rings. The molecule has 2 aromatic carbocycles. The summed E-state index contributed by atoms with van der Waals surface area (Å²) in [6, 6.07) is 18.6. The molecule has 28 heavy (non-hydrogen) atoms. The Morgan fingerprint density at radius 3 is 2.18 bits per heavy atom. The van der Waals surface area contributed by atoms with E-state index in [0.717, 1.165) is 11.3 Å². The van der Waals surface area contributed by atoms with Crippen LogP contribution in [0.1, 0.15) is 12.0 Å². The number of hydrogen-bond acceptors (Lipinski definition) is 4. The number of ether oxygens (including phenoxy) is 1. The molecule has 148 valence electrons. The molecule has 0 bridgehead atoms. The molecule has 0 aliphatic carbocycles. The minimum Gasteiger partial charge on any atom is -0.493 e. The lowest BCUT2D eigenvalue weighted by Crippen LogP contribution is -2.50. The average molecular weight is 401 g/mol. The molecule has 1 aliphatic heterocycles. The van der Waals surface area contributed by atoms with Gasteiger partial charge in [0.25, 0.3) is 0 Å². The van der Waals surface area contributed by atoms with Crippen molar-refractivity contribution in [2.24, 2.45) is 0 Å². The molecule has 0 atom stereocenters. The smallest absolute Gasteiger partial charge is 0.236 e. The maximum absolute atomic E-state index is 12.5. The van der Waals surface area contributed by atoms with Gasteiger partial charge in [-0.1, -0.05) is 48.5 Å². The number of amides is 1. The Morgan fingerprint density at radius 2 is 1.54 bits per heavy atom. The number of nitrogens with zero attached hydrogens (tertiary/aromatic N) is 2. The monoisotopic (exact) mass is 400 g/mol. The van der Waals surface area contributed by atoms with Gasteiger partial charge in [-0.05, 0) is 23.8 Å². The van der Waals surface area contributed by atoms with Crippen LogP contribution in [0.2, 0.25) is 0 Å². The SMILES string of the molecule is O=C(CCOc1ccccc1)N1CCN(S(=O)(=O)/C=C/c2ccccc2)CC1. The Labute approximate surface area is 166 Å². The van der Waals surface area contributed by atoms with Crippen LogP contribution in [0.3, 0.4) is 0 Å². The molecule has 0 unspecified atom stereocenters. The van der Waals surface area contributed by atoms with E-state index in [1.54, 1.807) is 11.0 Å². The van der Waals surface area contributed by atoms with Gasteiger partial charge in [-0.15, -0.1) is 0 Å². The third-order valence-electron chi connectivity index (χ3n) is 4.51. The van der Waals surface area contributed by atoms with Gasteiger partial charge < -0.3 is 9.64 Å². The third kappa shape index (κ3) is 5.68. The summed E-state index contributed by atoms with van der Waals surface area (Å²) in [6.45, 7) is 1.69. The Morgan fingerprint density at radius 1 is 0.929 bits per heavy atom. The highest BCUT2D eigenvalue weighted by molar-refractivity contribution is 7.92. The van der Waals surface area contributed by atoms with Gasteiger partial charge in [0.1, 0.15) is 5.75 Å². The highest BCUT2D eigenvalue weighted by atomic mass is 32.2. The minimum absolute atomic E-state index is 0.0205. The number of carbonyl (C=O) groups excluding carboxylic acids is 1. The van der Waals surface area contributed by atoms with Crippen molar-refractivity contribution < 1.29 is 17.9 Å². The highest BCUT2D eigenvalue weighted by Gasteiger charge is 2.27. The van der Waals surface area contributed by atoms with Crippen molar-refractivity contribution >= 4 is 22.0 Å². The summed E-state index contributed by atoms with van der Waals surface area (Å²) in [5.41, 5.74) is 0.832. The summed E-state index contributed by atoms with van der Waals surface area (Å²) >= 11 is 0. The van der Waals surface area contributed by atoms with Crippen molar-refractivity contribution in [2.75, 3.05) is 32.8 Å². The molecule has 0 radical (unpaired) electrons. The van der Waals surface area contributed by atoms with E-state index in [1.807, 2.05) is 60.7 Å². The first-order valence-corrected chi connectivity index (χ1v) is 10.7. The third-order valence-corrected chi connectivity index (χ3v) is 6.08. The summed E-state index contributed by atoms with van der Waals surface area (Å²) in [7, 11) is -3.49. The highest BCUT2D eigenvalue weighted by Crippen LogP contribution is 2.13. The molecule has 0 N–H and O–H groups in total. The van der Waals surface area contributed by atoms with E-state index in [1.165, 1.54) is 9.71 Å². The standard InChI is InChI=1S/C21H24N2O4S/c24-21(11-17-27-20-9-5-2-6-10-20)22-13-15-23(16-14-22)28(25,26)18-12-19-7-3-1-4-8-19/h1-10,12,18H,11,13-17H2/b18-12+. The first kappa shape index (κ1) is 20.1. The zero-order valence-corrected chi connectivity index (χ0v) is 16.4. The number of benzene rings is 2. The number of para-hydroxylation sites is 1. The van der Waals surface area contributed by atoms with E-state index in [2.05, 4.69) is 0 Å². The molecule has 3 rings (SSSR count). The van der Waals surface area contributed by atoms with E-state index in [4.69, 9.17) is 4.74 Å². The van der Waals surface area contributed by atoms with Crippen LogP contribution in [0.25, 0.3) is 6.08 Å². The second-order valence-corrected chi connectivity index (χ2v) is 8.27. The second-order valence-electron chi connectivity index (χ2n) is 6.45. The molecule has 7 heteroatoms. The maximum Gasteiger partial charge on any atom is 0.236 e. The van der Waals surface area contributed by atoms with Crippen molar-refractivity contribution in [3.05, 3.63) is 71.6 Å². The molecule has 0 spiro atoms. The normalized spacial score (nSPS) is 15.6. The number of hydrogen-bond donors (Lipinski definition) is 0. The first-order valence-electron chi connectivity index (χ1n) is 9.23. The van der Waals surface area contributed by atoms with Crippen molar-refractivity contribution in [3.8, 4) is 5.75 Å². The number of sulfonamides is 1. The van der Waals surface area contributed by atoms with Gasteiger partial charge in [0.05, 0.1) is 13.0 Å². The second kappa shape index (κ2) is 9.52. The summed E-state index contributed by atoms with van der Waals surface area (Å²) < 4.78 is 31.9. The Hall–Kier alpha value is -2.64. The summed E-state index contributed by atoms with van der Waals surface area (Å²) in [6.07, 6.45) is 1.86. The lowest BCUT2D eigenvalue weighted by atomic mass is 10.2. The zero-order valence-electron chi connectivity index (χ0n) is 15.6. The summed E-state index contributed by atoms with van der Waals surface area (Å²) in [5.74, 6) is 0.712. The Bertz CT molecular complexity index is 891. The summed E-state index contributed by atoms with van der Waals surface area (Å²) in [4.78, 5) is 14.0. The van der Waals surface area contributed by atoms with E-state index in [9.17, 15) is 13.2 Å². The van der Waals surface area contributed by atoms with Gasteiger partial charge in [-0.25, -0.2) is 8.42 Å². The van der Waals surface area contributed by atoms with Gasteiger partial charge in [-0.2, -0.15) is 4.31 Å². The molecule has 1 aliphatic rings. The van der Waals surface area contributed by atoms with Crippen LogP contribution in [-0.4, -0.2) is 56.3 Å². The van der Waals surface area contributed by atoms with Crippen molar-refractivity contribution in [3.63, 3.8) is 0 Å². The fourth-order valence-electron chi connectivity index (χ4n) is 2.94. The van der Waals surface area contributed by atoms with Crippen molar-refractivity contribution in [1.82, 2.24) is 9.21 Å². The molecule has 1 saturated heterocycles. The zero-order chi connectivity index (χ0) is 19.8. The van der Waals surface area contributed by atoms with Gasteiger partial charge >= 0.3 is 0 Å². The van der Waals surface area contributed by atoms with Crippen molar-refractivity contribution in [2.45, 2.75) is 6.42 Å². The fourth-order valence-corrected chi connectivity index (χ4v) is 4.11. The predicted molar refractivity (Wildman–Crippen MR) is 109 cm³/mol. The predicted octanol–water partition coefficient (Wildman–Crippen LogP) is 2.60. The molecular weight excluding hydrogens is 376 g/mol. The molecule has 1 fully saturated rings. The Balaban J connectivity index is 1.45. The van der Waals surface area contributed by atoms with Gasteiger partial charge in [0, 0.05) is 31.6 Å². The molecule has 6 nitrogen and oxygen atoms in total. The average Bonchev–Trinajstić information content (AvgIpc) is 2.74.